The van der Waals surface area contributed by atoms with Gasteiger partial charge in [-0.15, -0.1) is 0 Å². The van der Waals surface area contributed by atoms with Crippen LogP contribution >= 0.6 is 0 Å². The number of piperazine rings is 1. The molecule has 0 bridgehead atoms. The van der Waals surface area contributed by atoms with Crippen molar-refractivity contribution in [2.24, 2.45) is 0 Å². The second-order valence-electron chi connectivity index (χ2n) is 4.95. The Morgan fingerprint density at radius 3 is 2.38 bits per heavy atom. The van der Waals surface area contributed by atoms with Gasteiger partial charge in [-0.25, -0.2) is 0 Å². The molecule has 0 radical (unpaired) electrons. The highest BCUT2D eigenvalue weighted by atomic mass is 16.5. The first-order chi connectivity index (χ1) is 10.2. The third-order valence-corrected chi connectivity index (χ3v) is 3.29. The van der Waals surface area contributed by atoms with Gasteiger partial charge in [0, 0.05) is 38.0 Å². The Labute approximate surface area is 124 Å². The molecule has 21 heavy (non-hydrogen) atoms. The monoisotopic (exact) mass is 290 g/mol. The van der Waals surface area contributed by atoms with Crippen molar-refractivity contribution in [3.8, 4) is 5.95 Å². The Kier molecular flexibility index (Phi) is 5.78. The van der Waals surface area contributed by atoms with E-state index in [1.54, 1.807) is 18.2 Å². The smallest absolute Gasteiger partial charge is 0.294 e. The van der Waals surface area contributed by atoms with Gasteiger partial charge in [0.1, 0.15) is 11.1 Å². The molecule has 3 rings (SSSR count). The first-order valence-electron chi connectivity index (χ1n) is 7.39. The van der Waals surface area contributed by atoms with E-state index >= 15 is 0 Å². The Balaban J connectivity index is 0.000000225. The predicted molar refractivity (Wildman–Crippen MR) is 82.9 cm³/mol. The summed E-state index contributed by atoms with van der Waals surface area (Å²) in [6.07, 6.45) is 1.19. The number of nitrogens with one attached hydrogen (secondary N) is 2. The number of para-hydroxylation sites is 1. The highest BCUT2D eigenvalue weighted by Gasteiger charge is 2.18. The van der Waals surface area contributed by atoms with E-state index in [0.717, 1.165) is 32.6 Å². The lowest BCUT2D eigenvalue weighted by atomic mass is 10.1. The van der Waals surface area contributed by atoms with Gasteiger partial charge in [0.05, 0.1) is 0 Å². The third kappa shape index (κ3) is 4.06. The quantitative estimate of drug-likeness (QED) is 0.756. The SMILES string of the molecule is C1CNCCN1.CCCC(=O)c1c(O)oc2ccccc12. The lowest BCUT2D eigenvalue weighted by molar-refractivity contribution is 0.0978. The third-order valence-electron chi connectivity index (χ3n) is 3.29. The molecule has 5 nitrogen and oxygen atoms in total. The van der Waals surface area contributed by atoms with Crippen molar-refractivity contribution in [1.82, 2.24) is 10.6 Å². The Hall–Kier alpha value is -1.85. The second-order valence-corrected chi connectivity index (χ2v) is 4.95. The molecule has 1 saturated heterocycles. The number of hydrogen-bond acceptors (Lipinski definition) is 5. The van der Waals surface area contributed by atoms with Crippen molar-refractivity contribution < 1.29 is 14.3 Å². The van der Waals surface area contributed by atoms with Gasteiger partial charge in [-0.05, 0) is 12.5 Å². The van der Waals surface area contributed by atoms with Crippen LogP contribution in [0.5, 0.6) is 5.95 Å². The summed E-state index contributed by atoms with van der Waals surface area (Å²) in [7, 11) is 0. The minimum Gasteiger partial charge on any atom is -0.480 e. The molecule has 0 spiro atoms. The van der Waals surface area contributed by atoms with Crippen LogP contribution < -0.4 is 10.6 Å². The van der Waals surface area contributed by atoms with Crippen molar-refractivity contribution in [3.05, 3.63) is 29.8 Å². The maximum atomic E-state index is 11.7. The zero-order valence-corrected chi connectivity index (χ0v) is 12.3. The van der Waals surface area contributed by atoms with Gasteiger partial charge in [-0.1, -0.05) is 25.1 Å². The fourth-order valence-electron chi connectivity index (χ4n) is 2.26. The number of furan rings is 1. The molecule has 1 aliphatic heterocycles. The van der Waals surface area contributed by atoms with E-state index in [0.29, 0.717) is 23.0 Å². The average molecular weight is 290 g/mol. The van der Waals surface area contributed by atoms with Gasteiger partial charge in [0.2, 0.25) is 0 Å². The zero-order valence-electron chi connectivity index (χ0n) is 12.3. The van der Waals surface area contributed by atoms with E-state index in [4.69, 9.17) is 4.42 Å². The minimum atomic E-state index is -0.269. The maximum absolute atomic E-state index is 11.7. The lowest BCUT2D eigenvalue weighted by Crippen LogP contribution is -2.39. The summed E-state index contributed by atoms with van der Waals surface area (Å²) in [4.78, 5) is 11.7. The van der Waals surface area contributed by atoms with Crippen LogP contribution in [0.4, 0.5) is 0 Å². The van der Waals surface area contributed by atoms with Gasteiger partial charge in [0.15, 0.2) is 5.78 Å². The summed E-state index contributed by atoms with van der Waals surface area (Å²) in [6.45, 7) is 6.48. The number of benzene rings is 1. The fourth-order valence-corrected chi connectivity index (χ4v) is 2.26. The van der Waals surface area contributed by atoms with Crippen molar-refractivity contribution in [3.63, 3.8) is 0 Å². The first-order valence-corrected chi connectivity index (χ1v) is 7.39. The van der Waals surface area contributed by atoms with Crippen molar-refractivity contribution in [2.75, 3.05) is 26.2 Å². The molecule has 0 aliphatic carbocycles. The van der Waals surface area contributed by atoms with Crippen molar-refractivity contribution in [2.45, 2.75) is 19.8 Å². The van der Waals surface area contributed by atoms with Gasteiger partial charge >= 0.3 is 0 Å². The Morgan fingerprint density at radius 1 is 1.19 bits per heavy atom. The van der Waals surface area contributed by atoms with E-state index < -0.39 is 0 Å². The van der Waals surface area contributed by atoms with Gasteiger partial charge < -0.3 is 20.2 Å². The number of aromatic hydroxyl groups is 1. The molecule has 3 N–H and O–H groups in total. The van der Waals surface area contributed by atoms with Crippen LogP contribution in [-0.4, -0.2) is 37.1 Å². The molecule has 0 atom stereocenters. The number of carbonyl (C=O) groups excluding carboxylic acids is 1. The highest BCUT2D eigenvalue weighted by molar-refractivity contribution is 6.09. The predicted octanol–water partition coefficient (Wildman–Crippen LogP) is 2.30. The lowest BCUT2D eigenvalue weighted by Gasteiger charge is -2.11. The van der Waals surface area contributed by atoms with Crippen LogP contribution in [0.3, 0.4) is 0 Å². The fraction of sp³-hybridized carbons (Fsp3) is 0.438. The number of ketones is 1. The van der Waals surface area contributed by atoms with Crippen LogP contribution in [0.25, 0.3) is 11.0 Å². The van der Waals surface area contributed by atoms with Crippen LogP contribution in [-0.2, 0) is 0 Å². The Morgan fingerprint density at radius 2 is 1.81 bits per heavy atom. The summed E-state index contributed by atoms with van der Waals surface area (Å²) in [5.41, 5.74) is 0.863. The molecule has 1 aromatic heterocycles. The van der Waals surface area contributed by atoms with Crippen LogP contribution in [0.2, 0.25) is 0 Å². The maximum Gasteiger partial charge on any atom is 0.294 e. The molecule has 0 amide bonds. The Bertz CT molecular complexity index is 577. The number of hydrogen-bond donors (Lipinski definition) is 3. The van der Waals surface area contributed by atoms with E-state index in [1.807, 2.05) is 13.0 Å². The highest BCUT2D eigenvalue weighted by Crippen LogP contribution is 2.31. The molecule has 114 valence electrons. The van der Waals surface area contributed by atoms with E-state index in [2.05, 4.69) is 10.6 Å². The summed E-state index contributed by atoms with van der Waals surface area (Å²) in [5.74, 6) is -0.338. The van der Waals surface area contributed by atoms with Gasteiger partial charge in [-0.2, -0.15) is 0 Å². The molecule has 1 aliphatic rings. The molecule has 0 unspecified atom stereocenters. The zero-order chi connectivity index (χ0) is 15.1. The first kappa shape index (κ1) is 15.5. The molecule has 2 heterocycles. The van der Waals surface area contributed by atoms with E-state index in [9.17, 15) is 9.90 Å². The van der Waals surface area contributed by atoms with Crippen LogP contribution in [0.1, 0.15) is 30.1 Å². The van der Waals surface area contributed by atoms with Crippen LogP contribution in [0.15, 0.2) is 28.7 Å². The van der Waals surface area contributed by atoms with E-state index in [-0.39, 0.29) is 11.7 Å². The largest absolute Gasteiger partial charge is 0.480 e. The standard InChI is InChI=1S/C12H12O3.C4H10N2/c1-2-5-9(13)11-8-6-3-4-7-10(8)15-12(11)14;1-2-6-4-3-5-1/h3-4,6-7,14H,2,5H2,1H3;5-6H,1-4H2. The number of rotatable bonds is 3. The normalized spacial score (nSPS) is 14.5. The molecular weight excluding hydrogens is 268 g/mol. The summed E-state index contributed by atoms with van der Waals surface area (Å²) < 4.78 is 5.10. The molecule has 0 saturated carbocycles. The van der Waals surface area contributed by atoms with Crippen molar-refractivity contribution in [1.29, 1.82) is 0 Å². The number of carbonyl (C=O) groups is 1. The van der Waals surface area contributed by atoms with Gasteiger partial charge in [-0.3, -0.25) is 4.79 Å². The van der Waals surface area contributed by atoms with Crippen molar-refractivity contribution >= 4 is 16.8 Å². The topological polar surface area (TPSA) is 74.5 Å². The number of fused-ring (bicyclic) bond motifs is 1. The summed E-state index contributed by atoms with van der Waals surface area (Å²) in [5, 5.41) is 16.7. The van der Waals surface area contributed by atoms with Crippen LogP contribution in [0, 0.1) is 0 Å². The second kappa shape index (κ2) is 7.81. The molecule has 2 aromatic rings. The average Bonchev–Trinajstić information content (AvgIpc) is 2.85. The molecule has 1 fully saturated rings. The van der Waals surface area contributed by atoms with E-state index in [1.165, 1.54) is 0 Å². The molecular formula is C16H22N2O3. The minimum absolute atomic E-state index is 0.0695. The molecule has 5 heteroatoms. The molecule has 1 aromatic carbocycles. The summed E-state index contributed by atoms with van der Waals surface area (Å²) in [6, 6.07) is 7.14. The number of Topliss-reactive ketones (excluding diaryl/α,β-unsaturated/α-hetero) is 1. The summed E-state index contributed by atoms with van der Waals surface area (Å²) >= 11 is 0. The van der Waals surface area contributed by atoms with Gasteiger partial charge in [0.25, 0.3) is 5.95 Å².